The predicted molar refractivity (Wildman–Crippen MR) is 122 cm³/mol. The van der Waals surface area contributed by atoms with Gasteiger partial charge in [0, 0.05) is 42.5 Å². The van der Waals surface area contributed by atoms with Crippen LogP contribution in [0, 0.1) is 5.92 Å². The molecule has 3 atom stereocenters. The molecule has 164 valence electrons. The number of carbonyl (C=O) groups is 1. The number of aliphatic hydroxyl groups excluding tert-OH is 1. The van der Waals surface area contributed by atoms with Crippen LogP contribution >= 0.6 is 15.9 Å². The zero-order valence-electron chi connectivity index (χ0n) is 17.3. The summed E-state index contributed by atoms with van der Waals surface area (Å²) in [6, 6.07) is 5.60. The number of imidazole rings is 1. The van der Waals surface area contributed by atoms with Gasteiger partial charge in [0.1, 0.15) is 6.29 Å². The molecule has 4 rings (SSSR count). The highest BCUT2D eigenvalue weighted by Gasteiger charge is 2.29. The molecular weight excluding hydrogens is 448 g/mol. The molecular formula is C22H31BrN4O3. The molecule has 0 amide bonds. The summed E-state index contributed by atoms with van der Waals surface area (Å²) in [5, 5.41) is 14.1. The Labute approximate surface area is 185 Å². The number of rotatable bonds is 8. The van der Waals surface area contributed by atoms with Gasteiger partial charge in [-0.3, -0.25) is 9.69 Å². The second-order valence-electron chi connectivity index (χ2n) is 8.38. The average Bonchev–Trinajstić information content (AvgIpc) is 3.11. The van der Waals surface area contributed by atoms with Gasteiger partial charge in [0.05, 0.1) is 30.4 Å². The van der Waals surface area contributed by atoms with Crippen LogP contribution in [0.1, 0.15) is 36.0 Å². The molecule has 0 bridgehead atoms. The van der Waals surface area contributed by atoms with Crippen molar-refractivity contribution >= 4 is 39.2 Å². The molecule has 1 aromatic carbocycles. The summed E-state index contributed by atoms with van der Waals surface area (Å²) < 4.78 is 7.56. The molecule has 8 heteroatoms. The van der Waals surface area contributed by atoms with Gasteiger partial charge in [0.2, 0.25) is 5.95 Å². The van der Waals surface area contributed by atoms with Crippen LogP contribution in [0.3, 0.4) is 0 Å². The van der Waals surface area contributed by atoms with Gasteiger partial charge in [-0.1, -0.05) is 15.9 Å². The molecule has 2 aliphatic rings. The molecule has 30 heavy (non-hydrogen) atoms. The number of morpholine rings is 1. The zero-order valence-corrected chi connectivity index (χ0v) is 18.9. The first-order valence-electron chi connectivity index (χ1n) is 11.0. The standard InChI is InChI=1S/C22H31BrN4O3/c23-18-3-5-21(29)17(13-18)14-27-20-12-16(15-28)2-4-19(20)25-22(27)24-6-1-7-26-8-10-30-11-9-26/h2,4,12,15,17-18,21,29H,1,3,5-11,13-14H2,(H,24,25)/t17?,18-,21?/m1/s1. The van der Waals surface area contributed by atoms with E-state index < -0.39 is 0 Å². The van der Waals surface area contributed by atoms with Gasteiger partial charge in [-0.05, 0) is 50.4 Å². The van der Waals surface area contributed by atoms with Crippen molar-refractivity contribution in [3.8, 4) is 0 Å². The fraction of sp³-hybridized carbons (Fsp3) is 0.636. The highest BCUT2D eigenvalue weighted by Crippen LogP contribution is 2.32. The summed E-state index contributed by atoms with van der Waals surface area (Å²) >= 11 is 3.73. The van der Waals surface area contributed by atoms with E-state index in [0.717, 1.165) is 88.3 Å². The van der Waals surface area contributed by atoms with Crippen molar-refractivity contribution in [2.75, 3.05) is 44.7 Å². The van der Waals surface area contributed by atoms with Gasteiger partial charge in [-0.25, -0.2) is 4.98 Å². The smallest absolute Gasteiger partial charge is 0.203 e. The van der Waals surface area contributed by atoms with Crippen LogP contribution in [0.15, 0.2) is 18.2 Å². The van der Waals surface area contributed by atoms with Crippen molar-refractivity contribution in [2.24, 2.45) is 5.92 Å². The number of alkyl halides is 1. The number of ether oxygens (including phenoxy) is 1. The Morgan fingerprint density at radius 2 is 2.13 bits per heavy atom. The number of nitrogens with one attached hydrogen (secondary N) is 1. The van der Waals surface area contributed by atoms with Gasteiger partial charge >= 0.3 is 0 Å². The second-order valence-corrected chi connectivity index (χ2v) is 9.68. The maximum absolute atomic E-state index is 11.3. The van der Waals surface area contributed by atoms with Crippen molar-refractivity contribution in [2.45, 2.75) is 43.2 Å². The molecule has 0 radical (unpaired) electrons. The van der Waals surface area contributed by atoms with Crippen LogP contribution < -0.4 is 5.32 Å². The van der Waals surface area contributed by atoms with Crippen molar-refractivity contribution in [1.82, 2.24) is 14.5 Å². The number of anilines is 1. The Morgan fingerprint density at radius 3 is 2.93 bits per heavy atom. The van der Waals surface area contributed by atoms with Gasteiger partial charge in [-0.2, -0.15) is 0 Å². The highest BCUT2D eigenvalue weighted by molar-refractivity contribution is 9.09. The molecule has 2 fully saturated rings. The lowest BCUT2D eigenvalue weighted by Crippen LogP contribution is -2.37. The number of hydrogen-bond acceptors (Lipinski definition) is 6. The molecule has 2 unspecified atom stereocenters. The van der Waals surface area contributed by atoms with E-state index >= 15 is 0 Å². The van der Waals surface area contributed by atoms with Crippen LogP contribution in [-0.4, -0.2) is 76.2 Å². The normalized spacial score (nSPS) is 25.5. The lowest BCUT2D eigenvalue weighted by molar-refractivity contribution is 0.0378. The summed E-state index contributed by atoms with van der Waals surface area (Å²) in [6.07, 6.45) is 4.35. The number of aromatic nitrogens is 2. The van der Waals surface area contributed by atoms with E-state index in [1.165, 1.54) is 0 Å². The predicted octanol–water partition coefficient (Wildman–Crippen LogP) is 2.91. The summed E-state index contributed by atoms with van der Waals surface area (Å²) in [7, 11) is 0. The fourth-order valence-electron chi connectivity index (χ4n) is 4.48. The van der Waals surface area contributed by atoms with Gasteiger partial charge in [0.15, 0.2) is 0 Å². The van der Waals surface area contributed by atoms with E-state index in [0.29, 0.717) is 16.9 Å². The third-order valence-corrected chi connectivity index (χ3v) is 7.07. The minimum absolute atomic E-state index is 0.161. The van der Waals surface area contributed by atoms with E-state index in [2.05, 4.69) is 30.7 Å². The van der Waals surface area contributed by atoms with E-state index in [-0.39, 0.29) is 12.0 Å². The third kappa shape index (κ3) is 5.22. The largest absolute Gasteiger partial charge is 0.393 e. The Morgan fingerprint density at radius 1 is 1.30 bits per heavy atom. The Hall–Kier alpha value is -1.48. The number of benzene rings is 1. The molecule has 1 saturated heterocycles. The van der Waals surface area contributed by atoms with Crippen LogP contribution in [-0.2, 0) is 11.3 Å². The summed E-state index contributed by atoms with van der Waals surface area (Å²) in [5.74, 6) is 0.980. The topological polar surface area (TPSA) is 79.6 Å². The van der Waals surface area contributed by atoms with Crippen LogP contribution in [0.25, 0.3) is 11.0 Å². The first-order valence-corrected chi connectivity index (χ1v) is 11.9. The summed E-state index contributed by atoms with van der Waals surface area (Å²) in [5.41, 5.74) is 2.46. The average molecular weight is 479 g/mol. The molecule has 0 spiro atoms. The van der Waals surface area contributed by atoms with Gasteiger partial charge < -0.3 is 19.7 Å². The molecule has 2 N–H and O–H groups in total. The van der Waals surface area contributed by atoms with Gasteiger partial charge in [-0.15, -0.1) is 0 Å². The van der Waals surface area contributed by atoms with E-state index in [1.807, 2.05) is 12.1 Å². The lowest BCUT2D eigenvalue weighted by atomic mass is 9.86. The van der Waals surface area contributed by atoms with E-state index in [1.54, 1.807) is 6.07 Å². The van der Waals surface area contributed by atoms with E-state index in [9.17, 15) is 9.90 Å². The molecule has 2 heterocycles. The maximum atomic E-state index is 11.3. The second kappa shape index (κ2) is 10.2. The van der Waals surface area contributed by atoms with E-state index in [4.69, 9.17) is 9.72 Å². The number of hydrogen-bond donors (Lipinski definition) is 2. The quantitative estimate of drug-likeness (QED) is 0.345. The summed E-state index contributed by atoms with van der Waals surface area (Å²) in [4.78, 5) is 19.0. The monoisotopic (exact) mass is 478 g/mol. The molecule has 7 nitrogen and oxygen atoms in total. The van der Waals surface area contributed by atoms with Gasteiger partial charge in [0.25, 0.3) is 0 Å². The number of nitrogens with zero attached hydrogens (tertiary/aromatic N) is 3. The Balaban J connectivity index is 1.49. The fourth-order valence-corrected chi connectivity index (χ4v) is 5.23. The van der Waals surface area contributed by atoms with Crippen molar-refractivity contribution < 1.29 is 14.6 Å². The van der Waals surface area contributed by atoms with Crippen LogP contribution in [0.4, 0.5) is 5.95 Å². The van der Waals surface area contributed by atoms with Crippen LogP contribution in [0.5, 0.6) is 0 Å². The number of aldehydes is 1. The van der Waals surface area contributed by atoms with Crippen molar-refractivity contribution in [3.05, 3.63) is 23.8 Å². The summed E-state index contributed by atoms with van der Waals surface area (Å²) in [6.45, 7) is 6.20. The Kier molecular flexibility index (Phi) is 7.41. The van der Waals surface area contributed by atoms with Crippen molar-refractivity contribution in [1.29, 1.82) is 0 Å². The first-order chi connectivity index (χ1) is 14.6. The molecule has 1 aliphatic carbocycles. The zero-order chi connectivity index (χ0) is 20.9. The highest BCUT2D eigenvalue weighted by atomic mass is 79.9. The lowest BCUT2D eigenvalue weighted by Gasteiger charge is -2.31. The van der Waals surface area contributed by atoms with Crippen LogP contribution in [0.2, 0.25) is 0 Å². The number of carbonyl (C=O) groups excluding carboxylic acids is 1. The number of fused-ring (bicyclic) bond motifs is 1. The third-order valence-electron chi connectivity index (χ3n) is 6.24. The minimum atomic E-state index is -0.306. The Bertz CT molecular complexity index is 852. The first kappa shape index (κ1) is 21.7. The molecule has 2 aromatic rings. The minimum Gasteiger partial charge on any atom is -0.393 e. The van der Waals surface area contributed by atoms with Crippen molar-refractivity contribution in [3.63, 3.8) is 0 Å². The number of aliphatic hydroxyl groups is 1. The molecule has 1 saturated carbocycles. The molecule has 1 aromatic heterocycles. The SMILES string of the molecule is O=Cc1ccc2nc(NCCCN3CCOCC3)n(CC3C[C@H](Br)CCC3O)c2c1. The molecule has 1 aliphatic heterocycles. The maximum Gasteiger partial charge on any atom is 0.203 e. The number of halogens is 1.